The first-order chi connectivity index (χ1) is 11.0. The first-order valence-corrected chi connectivity index (χ1v) is 8.18. The van der Waals surface area contributed by atoms with Gasteiger partial charge in [0.05, 0.1) is 19.3 Å². The lowest BCUT2D eigenvalue weighted by Gasteiger charge is -2.11. The minimum atomic E-state index is 0.0760. The van der Waals surface area contributed by atoms with Gasteiger partial charge in [0.15, 0.2) is 5.78 Å². The first-order valence-electron chi connectivity index (χ1n) is 7.80. The van der Waals surface area contributed by atoms with Gasteiger partial charge >= 0.3 is 0 Å². The molecular formula is C18H21ClN2O2. The van der Waals surface area contributed by atoms with Crippen LogP contribution in [0.1, 0.15) is 40.6 Å². The lowest BCUT2D eigenvalue weighted by Crippen LogP contribution is -2.15. The molecule has 1 aromatic carbocycles. The van der Waals surface area contributed by atoms with E-state index in [-0.39, 0.29) is 12.3 Å². The Morgan fingerprint density at radius 3 is 2.74 bits per heavy atom. The summed E-state index contributed by atoms with van der Waals surface area (Å²) in [6, 6.07) is 7.89. The van der Waals surface area contributed by atoms with Crippen molar-refractivity contribution in [3.63, 3.8) is 0 Å². The van der Waals surface area contributed by atoms with Crippen molar-refractivity contribution in [1.82, 2.24) is 4.57 Å². The third-order valence-corrected chi connectivity index (χ3v) is 4.53. The van der Waals surface area contributed by atoms with Crippen molar-refractivity contribution >= 4 is 23.1 Å². The molecule has 1 heterocycles. The molecule has 0 bridgehead atoms. The molecule has 0 radical (unpaired) electrons. The van der Waals surface area contributed by atoms with Gasteiger partial charge in [-0.1, -0.05) is 11.6 Å². The van der Waals surface area contributed by atoms with Crippen molar-refractivity contribution in [2.24, 2.45) is 0 Å². The Labute approximate surface area is 141 Å². The second kappa shape index (κ2) is 6.28. The maximum Gasteiger partial charge on any atom is 0.183 e. The van der Waals surface area contributed by atoms with E-state index in [0.717, 1.165) is 22.6 Å². The third kappa shape index (κ3) is 3.22. The van der Waals surface area contributed by atoms with Crippen LogP contribution in [-0.4, -0.2) is 24.0 Å². The van der Waals surface area contributed by atoms with E-state index in [1.165, 1.54) is 12.8 Å². The minimum absolute atomic E-state index is 0.0760. The van der Waals surface area contributed by atoms with Crippen LogP contribution in [0, 0.1) is 13.8 Å². The number of aromatic nitrogens is 1. The second-order valence-corrected chi connectivity index (χ2v) is 6.44. The number of rotatable bonds is 6. The van der Waals surface area contributed by atoms with Crippen LogP contribution < -0.4 is 10.1 Å². The van der Waals surface area contributed by atoms with E-state index in [1.807, 2.05) is 13.0 Å². The number of methoxy groups -OCH3 is 1. The van der Waals surface area contributed by atoms with Gasteiger partial charge in [0.25, 0.3) is 0 Å². The van der Waals surface area contributed by atoms with E-state index in [9.17, 15) is 4.79 Å². The van der Waals surface area contributed by atoms with Crippen molar-refractivity contribution in [2.45, 2.75) is 32.7 Å². The van der Waals surface area contributed by atoms with Gasteiger partial charge in [-0.25, -0.2) is 0 Å². The van der Waals surface area contributed by atoms with Crippen LogP contribution in [0.2, 0.25) is 5.02 Å². The summed E-state index contributed by atoms with van der Waals surface area (Å²) in [4.78, 5) is 12.6. The van der Waals surface area contributed by atoms with Gasteiger partial charge < -0.3 is 14.6 Å². The molecular weight excluding hydrogens is 312 g/mol. The fourth-order valence-corrected chi connectivity index (χ4v) is 3.22. The molecule has 3 rings (SSSR count). The van der Waals surface area contributed by atoms with E-state index in [4.69, 9.17) is 16.3 Å². The topological polar surface area (TPSA) is 43.3 Å². The number of carbonyl (C=O) groups excluding carboxylic acids is 1. The van der Waals surface area contributed by atoms with Gasteiger partial charge in [-0.3, -0.25) is 4.79 Å². The Hall–Kier alpha value is -1.94. The number of carbonyl (C=O) groups is 1. The molecule has 1 saturated carbocycles. The molecule has 23 heavy (non-hydrogen) atoms. The SMILES string of the molecule is COc1ccc(Cl)cc1NCC(=O)c1cc(C)n(C2CC2)c1C. The standard InChI is InChI=1S/C18H21ClN2O2/c1-11-8-15(12(2)21(11)14-5-6-14)17(22)10-20-16-9-13(19)4-7-18(16)23-3/h4,7-9,14,20H,5-6,10H2,1-3H3. The Morgan fingerprint density at radius 1 is 1.35 bits per heavy atom. The van der Waals surface area contributed by atoms with Crippen molar-refractivity contribution < 1.29 is 9.53 Å². The Kier molecular flexibility index (Phi) is 4.35. The van der Waals surface area contributed by atoms with Crippen LogP contribution in [0.15, 0.2) is 24.3 Å². The fourth-order valence-electron chi connectivity index (χ4n) is 3.04. The lowest BCUT2D eigenvalue weighted by atomic mass is 10.1. The largest absolute Gasteiger partial charge is 0.495 e. The molecule has 1 aromatic heterocycles. The van der Waals surface area contributed by atoms with E-state index in [0.29, 0.717) is 16.8 Å². The number of hydrogen-bond acceptors (Lipinski definition) is 3. The van der Waals surface area contributed by atoms with Crippen LogP contribution in [0.5, 0.6) is 5.75 Å². The van der Waals surface area contributed by atoms with Crippen LogP contribution in [0.4, 0.5) is 5.69 Å². The van der Waals surface area contributed by atoms with Crippen LogP contribution in [0.3, 0.4) is 0 Å². The smallest absolute Gasteiger partial charge is 0.183 e. The van der Waals surface area contributed by atoms with Crippen molar-refractivity contribution in [3.8, 4) is 5.75 Å². The number of aryl methyl sites for hydroxylation is 1. The summed E-state index contributed by atoms with van der Waals surface area (Å²) in [6.45, 7) is 4.31. The molecule has 0 unspecified atom stereocenters. The third-order valence-electron chi connectivity index (χ3n) is 4.30. The van der Waals surface area contributed by atoms with Crippen molar-refractivity contribution in [2.75, 3.05) is 19.0 Å². The summed E-state index contributed by atoms with van der Waals surface area (Å²) >= 11 is 6.01. The highest BCUT2D eigenvalue weighted by Gasteiger charge is 2.28. The predicted octanol–water partition coefficient (Wildman–Crippen LogP) is 4.40. The lowest BCUT2D eigenvalue weighted by molar-refractivity contribution is 0.101. The van der Waals surface area contributed by atoms with Gasteiger partial charge in [0, 0.05) is 28.0 Å². The maximum atomic E-state index is 12.6. The zero-order valence-electron chi connectivity index (χ0n) is 13.6. The van der Waals surface area contributed by atoms with Gasteiger partial charge in [-0.15, -0.1) is 0 Å². The highest BCUT2D eigenvalue weighted by Crippen LogP contribution is 2.38. The molecule has 1 aliphatic rings. The summed E-state index contributed by atoms with van der Waals surface area (Å²) in [5.41, 5.74) is 3.75. The second-order valence-electron chi connectivity index (χ2n) is 6.01. The Morgan fingerprint density at radius 2 is 2.09 bits per heavy atom. The molecule has 0 amide bonds. The zero-order chi connectivity index (χ0) is 16.6. The average molecular weight is 333 g/mol. The van der Waals surface area contributed by atoms with Crippen molar-refractivity contribution in [3.05, 3.63) is 46.2 Å². The molecule has 2 aromatic rings. The Balaban J connectivity index is 1.75. The molecule has 1 N–H and O–H groups in total. The molecule has 5 heteroatoms. The van der Waals surface area contributed by atoms with Gasteiger partial charge in [-0.05, 0) is 51.0 Å². The summed E-state index contributed by atoms with van der Waals surface area (Å²) in [5, 5.41) is 3.74. The van der Waals surface area contributed by atoms with Gasteiger partial charge in [0.1, 0.15) is 5.75 Å². The minimum Gasteiger partial charge on any atom is -0.495 e. The number of ketones is 1. The molecule has 122 valence electrons. The molecule has 0 saturated heterocycles. The number of ether oxygens (including phenoxy) is 1. The normalized spacial score (nSPS) is 13.9. The first kappa shape index (κ1) is 15.9. The number of nitrogens with zero attached hydrogens (tertiary/aromatic N) is 1. The van der Waals surface area contributed by atoms with Crippen molar-refractivity contribution in [1.29, 1.82) is 0 Å². The van der Waals surface area contributed by atoms with E-state index >= 15 is 0 Å². The van der Waals surface area contributed by atoms with E-state index < -0.39 is 0 Å². The zero-order valence-corrected chi connectivity index (χ0v) is 14.4. The highest BCUT2D eigenvalue weighted by atomic mass is 35.5. The molecule has 0 spiro atoms. The molecule has 1 aliphatic carbocycles. The number of hydrogen-bond donors (Lipinski definition) is 1. The summed E-state index contributed by atoms with van der Waals surface area (Å²) in [7, 11) is 1.60. The quantitative estimate of drug-likeness (QED) is 0.797. The van der Waals surface area contributed by atoms with Crippen LogP contribution >= 0.6 is 11.6 Å². The molecule has 4 nitrogen and oxygen atoms in total. The fraction of sp³-hybridized carbons (Fsp3) is 0.389. The summed E-state index contributed by atoms with van der Waals surface area (Å²) < 4.78 is 7.57. The summed E-state index contributed by atoms with van der Waals surface area (Å²) in [6.07, 6.45) is 2.42. The number of nitrogens with one attached hydrogen (secondary N) is 1. The van der Waals surface area contributed by atoms with E-state index in [1.54, 1.807) is 25.3 Å². The highest BCUT2D eigenvalue weighted by molar-refractivity contribution is 6.31. The van der Waals surface area contributed by atoms with Gasteiger partial charge in [0.2, 0.25) is 0 Å². The summed E-state index contributed by atoms with van der Waals surface area (Å²) in [5.74, 6) is 0.748. The number of halogens is 1. The predicted molar refractivity (Wildman–Crippen MR) is 93.0 cm³/mol. The number of anilines is 1. The monoisotopic (exact) mass is 332 g/mol. The van der Waals surface area contributed by atoms with Crippen LogP contribution in [-0.2, 0) is 0 Å². The Bertz CT molecular complexity index is 748. The number of Topliss-reactive ketones (excluding diaryl/α,β-unsaturated/α-hetero) is 1. The molecule has 1 fully saturated rings. The maximum absolute atomic E-state index is 12.6. The number of benzene rings is 1. The van der Waals surface area contributed by atoms with E-state index in [2.05, 4.69) is 16.8 Å². The molecule has 0 atom stereocenters. The van der Waals surface area contributed by atoms with Crippen LogP contribution in [0.25, 0.3) is 0 Å². The molecule has 0 aliphatic heterocycles. The average Bonchev–Trinajstić information content (AvgIpc) is 3.30. The van der Waals surface area contributed by atoms with Gasteiger partial charge in [-0.2, -0.15) is 0 Å².